The maximum atomic E-state index is 11.8. The van der Waals surface area contributed by atoms with Gasteiger partial charge in [0.25, 0.3) is 0 Å². The standard InChI is InChI=1S/C10H18N2O5/c1-4-10(5-2,7(13)12-9(11)15)8(14)17-6-16-3/h4-6H2,1-3H3,(H3,11,12,13,15). The number of rotatable bonds is 6. The van der Waals surface area contributed by atoms with Crippen molar-refractivity contribution in [3.63, 3.8) is 0 Å². The summed E-state index contributed by atoms with van der Waals surface area (Å²) in [5, 5.41) is 1.90. The average Bonchev–Trinajstić information content (AvgIpc) is 2.27. The highest BCUT2D eigenvalue weighted by Gasteiger charge is 2.44. The van der Waals surface area contributed by atoms with E-state index in [0.717, 1.165) is 0 Å². The molecule has 0 heterocycles. The lowest BCUT2D eigenvalue weighted by Gasteiger charge is -2.26. The second-order valence-corrected chi connectivity index (χ2v) is 3.45. The van der Waals surface area contributed by atoms with Gasteiger partial charge in [-0.3, -0.25) is 14.9 Å². The van der Waals surface area contributed by atoms with Gasteiger partial charge in [0.15, 0.2) is 6.79 Å². The number of primary amides is 1. The second-order valence-electron chi connectivity index (χ2n) is 3.45. The molecule has 0 aliphatic heterocycles. The van der Waals surface area contributed by atoms with Crippen molar-refractivity contribution in [2.45, 2.75) is 26.7 Å². The number of amides is 3. The van der Waals surface area contributed by atoms with Crippen LogP contribution in [0.3, 0.4) is 0 Å². The Bertz CT molecular complexity index is 299. The molecule has 0 rings (SSSR count). The van der Waals surface area contributed by atoms with E-state index in [4.69, 9.17) is 10.5 Å². The summed E-state index contributed by atoms with van der Waals surface area (Å²) in [5.41, 5.74) is 3.44. The number of nitrogens with one attached hydrogen (secondary N) is 1. The summed E-state index contributed by atoms with van der Waals surface area (Å²) in [4.78, 5) is 34.2. The molecule has 0 aliphatic carbocycles. The molecule has 7 heteroatoms. The molecule has 3 amide bonds. The zero-order valence-corrected chi connectivity index (χ0v) is 10.2. The van der Waals surface area contributed by atoms with E-state index in [1.807, 2.05) is 5.32 Å². The number of imide groups is 1. The third-order valence-corrected chi connectivity index (χ3v) is 2.58. The lowest BCUT2D eigenvalue weighted by molar-refractivity contribution is -0.170. The van der Waals surface area contributed by atoms with Crippen molar-refractivity contribution in [3.8, 4) is 0 Å². The maximum Gasteiger partial charge on any atom is 0.323 e. The summed E-state index contributed by atoms with van der Waals surface area (Å²) in [5.74, 6) is -1.49. The average molecular weight is 246 g/mol. The Balaban J connectivity index is 4.93. The molecule has 0 aromatic heterocycles. The molecule has 0 unspecified atom stereocenters. The van der Waals surface area contributed by atoms with E-state index < -0.39 is 23.3 Å². The van der Waals surface area contributed by atoms with E-state index in [1.54, 1.807) is 13.8 Å². The van der Waals surface area contributed by atoms with Gasteiger partial charge in [0.2, 0.25) is 5.91 Å². The van der Waals surface area contributed by atoms with Gasteiger partial charge in [-0.15, -0.1) is 0 Å². The van der Waals surface area contributed by atoms with Crippen LogP contribution >= 0.6 is 0 Å². The first-order chi connectivity index (χ1) is 7.94. The quantitative estimate of drug-likeness (QED) is 0.393. The molecular formula is C10H18N2O5. The summed E-state index contributed by atoms with van der Waals surface area (Å²) in [6.07, 6.45) is 0.399. The van der Waals surface area contributed by atoms with Crippen LogP contribution in [-0.2, 0) is 19.1 Å². The molecule has 0 radical (unpaired) electrons. The molecule has 0 bridgehead atoms. The highest BCUT2D eigenvalue weighted by atomic mass is 16.7. The van der Waals surface area contributed by atoms with Crippen LogP contribution < -0.4 is 11.1 Å². The zero-order chi connectivity index (χ0) is 13.5. The molecule has 0 saturated carbocycles. The van der Waals surface area contributed by atoms with Crippen LogP contribution in [0, 0.1) is 5.41 Å². The summed E-state index contributed by atoms with van der Waals surface area (Å²) < 4.78 is 9.36. The molecule has 0 aromatic rings. The van der Waals surface area contributed by atoms with Crippen molar-refractivity contribution in [2.75, 3.05) is 13.9 Å². The molecule has 3 N–H and O–H groups in total. The van der Waals surface area contributed by atoms with Crippen LogP contribution in [0.4, 0.5) is 4.79 Å². The van der Waals surface area contributed by atoms with Gasteiger partial charge < -0.3 is 15.2 Å². The Morgan fingerprint density at radius 1 is 1.24 bits per heavy atom. The largest absolute Gasteiger partial charge is 0.438 e. The molecular weight excluding hydrogens is 228 g/mol. The fourth-order valence-electron chi connectivity index (χ4n) is 1.43. The topological polar surface area (TPSA) is 108 Å². The molecule has 0 fully saturated rings. The fraction of sp³-hybridized carbons (Fsp3) is 0.700. The highest BCUT2D eigenvalue weighted by Crippen LogP contribution is 2.28. The van der Waals surface area contributed by atoms with Crippen molar-refractivity contribution in [2.24, 2.45) is 11.1 Å². The van der Waals surface area contributed by atoms with Crippen LogP contribution in [0.15, 0.2) is 0 Å². The minimum atomic E-state index is -1.41. The van der Waals surface area contributed by atoms with Gasteiger partial charge in [0.1, 0.15) is 5.41 Å². The number of esters is 1. The second kappa shape index (κ2) is 6.85. The van der Waals surface area contributed by atoms with Crippen LogP contribution in [-0.4, -0.2) is 31.8 Å². The van der Waals surface area contributed by atoms with Gasteiger partial charge in [-0.1, -0.05) is 13.8 Å². The summed E-state index contributed by atoms with van der Waals surface area (Å²) >= 11 is 0. The van der Waals surface area contributed by atoms with Crippen LogP contribution in [0.1, 0.15) is 26.7 Å². The minimum Gasteiger partial charge on any atom is -0.438 e. The predicted molar refractivity (Wildman–Crippen MR) is 58.7 cm³/mol. The van der Waals surface area contributed by atoms with E-state index in [-0.39, 0.29) is 19.6 Å². The molecule has 0 spiro atoms. The number of methoxy groups -OCH3 is 1. The van der Waals surface area contributed by atoms with E-state index >= 15 is 0 Å². The van der Waals surface area contributed by atoms with Crippen LogP contribution in [0.2, 0.25) is 0 Å². The Morgan fingerprint density at radius 2 is 1.76 bits per heavy atom. The number of carbonyl (C=O) groups is 3. The van der Waals surface area contributed by atoms with E-state index in [0.29, 0.717) is 0 Å². The first kappa shape index (κ1) is 15.4. The molecule has 7 nitrogen and oxygen atoms in total. The maximum absolute atomic E-state index is 11.8. The minimum absolute atomic E-state index is 0.200. The predicted octanol–water partition coefficient (Wildman–Crippen LogP) is 0.135. The summed E-state index contributed by atoms with van der Waals surface area (Å²) in [6.45, 7) is 3.06. The lowest BCUT2D eigenvalue weighted by Crippen LogP contribution is -2.50. The van der Waals surface area contributed by atoms with Crippen molar-refractivity contribution in [1.82, 2.24) is 5.32 Å². The summed E-state index contributed by atoms with van der Waals surface area (Å²) in [7, 11) is 1.36. The van der Waals surface area contributed by atoms with Crippen molar-refractivity contribution in [3.05, 3.63) is 0 Å². The lowest BCUT2D eigenvalue weighted by atomic mass is 9.81. The van der Waals surface area contributed by atoms with Crippen LogP contribution in [0.5, 0.6) is 0 Å². The van der Waals surface area contributed by atoms with Crippen molar-refractivity contribution in [1.29, 1.82) is 0 Å². The van der Waals surface area contributed by atoms with Gasteiger partial charge in [-0.2, -0.15) is 0 Å². The van der Waals surface area contributed by atoms with Gasteiger partial charge in [0.05, 0.1) is 0 Å². The molecule has 0 aliphatic rings. The van der Waals surface area contributed by atoms with Gasteiger partial charge >= 0.3 is 12.0 Å². The molecule has 0 aromatic carbocycles. The summed E-state index contributed by atoms with van der Waals surface area (Å²) in [6, 6.07) is -0.999. The number of hydrogen-bond donors (Lipinski definition) is 2. The van der Waals surface area contributed by atoms with Gasteiger partial charge in [-0.05, 0) is 12.8 Å². The van der Waals surface area contributed by atoms with Crippen LogP contribution in [0.25, 0.3) is 0 Å². The van der Waals surface area contributed by atoms with Crippen molar-refractivity contribution < 1.29 is 23.9 Å². The molecule has 17 heavy (non-hydrogen) atoms. The molecule has 98 valence electrons. The Labute approximate surface area is 99.6 Å². The number of urea groups is 1. The SMILES string of the molecule is CCC(CC)(C(=O)NC(N)=O)C(=O)OCOC. The fourth-order valence-corrected chi connectivity index (χ4v) is 1.43. The van der Waals surface area contributed by atoms with E-state index in [1.165, 1.54) is 7.11 Å². The number of nitrogens with two attached hydrogens (primary N) is 1. The monoisotopic (exact) mass is 246 g/mol. The molecule has 0 atom stereocenters. The normalized spacial score (nSPS) is 10.8. The van der Waals surface area contributed by atoms with Gasteiger partial charge in [0, 0.05) is 7.11 Å². The Hall–Kier alpha value is -1.63. The third-order valence-electron chi connectivity index (χ3n) is 2.58. The first-order valence-corrected chi connectivity index (χ1v) is 5.21. The number of ether oxygens (including phenoxy) is 2. The number of carbonyl (C=O) groups excluding carboxylic acids is 3. The van der Waals surface area contributed by atoms with Crippen molar-refractivity contribution >= 4 is 17.9 Å². The van der Waals surface area contributed by atoms with Gasteiger partial charge in [-0.25, -0.2) is 4.79 Å². The Kier molecular flexibility index (Phi) is 6.19. The third kappa shape index (κ3) is 3.70. The first-order valence-electron chi connectivity index (χ1n) is 5.21. The molecule has 0 saturated heterocycles. The number of hydrogen-bond acceptors (Lipinski definition) is 5. The zero-order valence-electron chi connectivity index (χ0n) is 10.2. The Morgan fingerprint density at radius 3 is 2.12 bits per heavy atom. The van der Waals surface area contributed by atoms with E-state index in [2.05, 4.69) is 4.74 Å². The highest BCUT2D eigenvalue weighted by molar-refractivity contribution is 6.08. The smallest absolute Gasteiger partial charge is 0.323 e. The van der Waals surface area contributed by atoms with E-state index in [9.17, 15) is 14.4 Å².